The Morgan fingerprint density at radius 3 is 3.04 bits per heavy atom. The number of hydrogen-bond acceptors (Lipinski definition) is 5. The molecule has 2 aromatic rings. The lowest BCUT2D eigenvalue weighted by Crippen LogP contribution is -2.14. The van der Waals surface area contributed by atoms with E-state index < -0.39 is 6.09 Å². The molecule has 1 amide bonds. The topological polar surface area (TPSA) is 76.7 Å². The molecule has 6 heteroatoms. The molecule has 0 aliphatic heterocycles. The maximum absolute atomic E-state index is 11.8. The van der Waals surface area contributed by atoms with Gasteiger partial charge in [0.2, 0.25) is 0 Å². The number of rotatable bonds is 6. The molecule has 3 N–H and O–H groups in total. The van der Waals surface area contributed by atoms with E-state index >= 15 is 0 Å². The van der Waals surface area contributed by atoms with Crippen molar-refractivity contribution in [2.75, 3.05) is 17.7 Å². The van der Waals surface area contributed by atoms with Gasteiger partial charge >= 0.3 is 6.09 Å². The van der Waals surface area contributed by atoms with E-state index in [1.54, 1.807) is 35.8 Å². The Labute approximate surface area is 138 Å². The number of hydrogen-bond donors (Lipinski definition) is 2. The van der Waals surface area contributed by atoms with E-state index in [1.165, 1.54) is 6.20 Å². The number of amides is 1. The molecule has 23 heavy (non-hydrogen) atoms. The number of nitrogen functional groups attached to an aromatic ring is 1. The zero-order valence-corrected chi connectivity index (χ0v) is 13.3. The zero-order valence-electron chi connectivity index (χ0n) is 12.4. The predicted octanol–water partition coefficient (Wildman–Crippen LogP) is 4.32. The smallest absolute Gasteiger partial charge is 0.412 e. The third-order valence-electron chi connectivity index (χ3n) is 2.82. The van der Waals surface area contributed by atoms with E-state index in [9.17, 15) is 4.79 Å². The molecule has 0 atom stereocenters. The molecule has 0 radical (unpaired) electrons. The van der Waals surface area contributed by atoms with Crippen LogP contribution in [0, 0.1) is 0 Å². The van der Waals surface area contributed by atoms with Crippen molar-refractivity contribution < 1.29 is 9.53 Å². The Kier molecular flexibility index (Phi) is 6.14. The Bertz CT molecular complexity index is 721. The monoisotopic (exact) mass is 327 g/mol. The number of aliphatic imine (C=N–C) groups is 1. The summed E-state index contributed by atoms with van der Waals surface area (Å²) >= 11 is 1.62. The highest BCUT2D eigenvalue weighted by Crippen LogP contribution is 2.30. The van der Waals surface area contributed by atoms with Gasteiger partial charge in [0.15, 0.2) is 0 Å². The second-order valence-electron chi connectivity index (χ2n) is 4.41. The van der Waals surface area contributed by atoms with Crippen LogP contribution in [0.1, 0.15) is 0 Å². The summed E-state index contributed by atoms with van der Waals surface area (Å²) < 4.78 is 5.03. The van der Waals surface area contributed by atoms with Gasteiger partial charge in [-0.15, -0.1) is 11.3 Å². The fourth-order valence-corrected chi connectivity index (χ4v) is 2.48. The summed E-state index contributed by atoms with van der Waals surface area (Å²) in [4.78, 5) is 16.7. The summed E-state index contributed by atoms with van der Waals surface area (Å²) in [6, 6.07) is 9.48. The van der Waals surface area contributed by atoms with Crippen LogP contribution >= 0.6 is 11.3 Å². The number of ether oxygens (including phenoxy) is 1. The lowest BCUT2D eigenvalue weighted by Gasteiger charge is -2.09. The molecule has 0 fully saturated rings. The quantitative estimate of drug-likeness (QED) is 0.613. The van der Waals surface area contributed by atoms with Gasteiger partial charge in [0.05, 0.1) is 11.4 Å². The van der Waals surface area contributed by atoms with Crippen molar-refractivity contribution in [1.29, 1.82) is 0 Å². The molecular weight excluding hydrogens is 310 g/mol. The number of thiophene rings is 1. The van der Waals surface area contributed by atoms with E-state index in [-0.39, 0.29) is 6.61 Å². The normalized spacial score (nSPS) is 11.0. The van der Waals surface area contributed by atoms with Crippen LogP contribution in [0.25, 0.3) is 10.4 Å². The first-order valence-electron chi connectivity index (χ1n) is 6.87. The molecule has 0 saturated heterocycles. The maximum Gasteiger partial charge on any atom is 0.412 e. The lowest BCUT2D eigenvalue weighted by molar-refractivity contribution is 0.174. The highest BCUT2D eigenvalue weighted by molar-refractivity contribution is 7.13. The maximum atomic E-state index is 11.8. The molecule has 0 bridgehead atoms. The Balaban J connectivity index is 1.95. The van der Waals surface area contributed by atoms with Crippen LogP contribution in [0.4, 0.5) is 16.2 Å². The van der Waals surface area contributed by atoms with Gasteiger partial charge in [0.25, 0.3) is 0 Å². The summed E-state index contributed by atoms with van der Waals surface area (Å²) in [6.07, 6.45) is 5.74. The fourth-order valence-electron chi connectivity index (χ4n) is 1.76. The molecule has 1 aromatic heterocycles. The molecule has 118 valence electrons. The minimum atomic E-state index is -0.565. The first-order chi connectivity index (χ1) is 11.2. The number of nitrogens with zero attached hydrogens (tertiary/aromatic N) is 1. The highest BCUT2D eigenvalue weighted by atomic mass is 32.1. The summed E-state index contributed by atoms with van der Waals surface area (Å²) in [5, 5.41) is 4.64. The highest BCUT2D eigenvalue weighted by Gasteiger charge is 2.08. The van der Waals surface area contributed by atoms with Gasteiger partial charge in [0.1, 0.15) is 6.61 Å². The van der Waals surface area contributed by atoms with Crippen molar-refractivity contribution >= 4 is 35.0 Å². The number of allylic oxidation sites excluding steroid dienone is 1. The Morgan fingerprint density at radius 2 is 2.30 bits per heavy atom. The van der Waals surface area contributed by atoms with Crippen molar-refractivity contribution in [2.24, 2.45) is 4.99 Å². The molecule has 0 aliphatic rings. The molecule has 0 aliphatic carbocycles. The second-order valence-corrected chi connectivity index (χ2v) is 5.36. The van der Waals surface area contributed by atoms with Gasteiger partial charge in [-0.2, -0.15) is 0 Å². The standard InChI is InChI=1S/C17H17N3O2S/c1-2-19-9-3-4-10-22-17(21)20-15-12-13(7-8-14(15)18)16-6-5-11-23-16/h2-9,11-12H,1,10,18H2,(H,20,21)/b4-3+,19-9-. The zero-order chi connectivity index (χ0) is 16.5. The van der Waals surface area contributed by atoms with E-state index in [4.69, 9.17) is 10.5 Å². The summed E-state index contributed by atoms with van der Waals surface area (Å²) in [5.41, 5.74) is 7.89. The number of nitrogens with one attached hydrogen (secondary N) is 1. The predicted molar refractivity (Wildman–Crippen MR) is 97.0 cm³/mol. The minimum Gasteiger partial charge on any atom is -0.445 e. The number of carbonyl (C=O) groups excluding carboxylic acids is 1. The second kappa shape index (κ2) is 8.55. The first kappa shape index (κ1) is 16.5. The van der Waals surface area contributed by atoms with Crippen LogP contribution in [0.3, 0.4) is 0 Å². The number of carbonyl (C=O) groups is 1. The molecular formula is C17H17N3O2S. The Hall–Kier alpha value is -2.86. The third kappa shape index (κ3) is 5.12. The van der Waals surface area contributed by atoms with Gasteiger partial charge in [-0.05, 0) is 41.3 Å². The molecule has 5 nitrogen and oxygen atoms in total. The van der Waals surface area contributed by atoms with Gasteiger partial charge in [-0.3, -0.25) is 10.3 Å². The average Bonchev–Trinajstić information content (AvgIpc) is 3.07. The van der Waals surface area contributed by atoms with E-state index in [1.807, 2.05) is 29.6 Å². The van der Waals surface area contributed by atoms with E-state index in [0.29, 0.717) is 11.4 Å². The van der Waals surface area contributed by atoms with Gasteiger partial charge in [-0.25, -0.2) is 4.79 Å². The van der Waals surface area contributed by atoms with E-state index in [0.717, 1.165) is 10.4 Å². The van der Waals surface area contributed by atoms with Gasteiger partial charge in [0, 0.05) is 17.3 Å². The van der Waals surface area contributed by atoms with Crippen molar-refractivity contribution in [3.8, 4) is 10.4 Å². The largest absolute Gasteiger partial charge is 0.445 e. The average molecular weight is 327 g/mol. The third-order valence-corrected chi connectivity index (χ3v) is 3.74. The van der Waals surface area contributed by atoms with Gasteiger partial charge < -0.3 is 10.5 Å². The first-order valence-corrected chi connectivity index (χ1v) is 7.75. The van der Waals surface area contributed by atoms with Crippen LogP contribution < -0.4 is 11.1 Å². The van der Waals surface area contributed by atoms with Crippen LogP contribution in [0.15, 0.2) is 65.6 Å². The molecule has 0 saturated carbocycles. The van der Waals surface area contributed by atoms with Crippen molar-refractivity contribution in [2.45, 2.75) is 0 Å². The lowest BCUT2D eigenvalue weighted by atomic mass is 10.1. The summed E-state index contributed by atoms with van der Waals surface area (Å²) in [5.74, 6) is 0. The molecule has 1 heterocycles. The number of benzene rings is 1. The Morgan fingerprint density at radius 1 is 1.43 bits per heavy atom. The molecule has 0 spiro atoms. The molecule has 2 rings (SSSR count). The van der Waals surface area contributed by atoms with Crippen molar-refractivity contribution in [3.63, 3.8) is 0 Å². The number of anilines is 2. The SMILES string of the molecule is C=C/N=C\C=C\COC(=O)Nc1cc(-c2cccs2)ccc1N. The summed E-state index contributed by atoms with van der Waals surface area (Å²) in [6.45, 7) is 3.59. The minimum absolute atomic E-state index is 0.138. The van der Waals surface area contributed by atoms with Crippen molar-refractivity contribution in [3.05, 3.63) is 60.6 Å². The van der Waals surface area contributed by atoms with Crippen LogP contribution in [0.2, 0.25) is 0 Å². The van der Waals surface area contributed by atoms with Crippen LogP contribution in [0.5, 0.6) is 0 Å². The van der Waals surface area contributed by atoms with Gasteiger partial charge in [-0.1, -0.05) is 18.7 Å². The van der Waals surface area contributed by atoms with Crippen molar-refractivity contribution in [1.82, 2.24) is 0 Å². The fraction of sp³-hybridized carbons (Fsp3) is 0.0588. The number of nitrogens with two attached hydrogens (primary N) is 1. The molecule has 0 unspecified atom stereocenters. The van der Waals surface area contributed by atoms with E-state index in [2.05, 4.69) is 16.9 Å². The van der Waals surface area contributed by atoms with Crippen LogP contribution in [-0.2, 0) is 4.74 Å². The summed E-state index contributed by atoms with van der Waals surface area (Å²) in [7, 11) is 0. The molecule has 1 aromatic carbocycles. The van der Waals surface area contributed by atoms with Crippen LogP contribution in [-0.4, -0.2) is 18.9 Å².